The van der Waals surface area contributed by atoms with Gasteiger partial charge in [0, 0.05) is 55.7 Å². The number of nitrogens with zero attached hydrogens (tertiary/aromatic N) is 2. The highest BCUT2D eigenvalue weighted by atomic mass is 16.2. The van der Waals surface area contributed by atoms with Crippen LogP contribution in [0.4, 0.5) is 11.4 Å². The van der Waals surface area contributed by atoms with Gasteiger partial charge >= 0.3 is 0 Å². The van der Waals surface area contributed by atoms with Crippen LogP contribution in [0, 0.1) is 0 Å². The molecule has 1 aliphatic carbocycles. The van der Waals surface area contributed by atoms with E-state index in [-0.39, 0.29) is 17.9 Å². The summed E-state index contributed by atoms with van der Waals surface area (Å²) >= 11 is 0. The van der Waals surface area contributed by atoms with Gasteiger partial charge in [-0.1, -0.05) is 67.8 Å². The van der Waals surface area contributed by atoms with E-state index in [0.29, 0.717) is 16.8 Å². The van der Waals surface area contributed by atoms with Crippen molar-refractivity contribution in [1.82, 2.24) is 10.2 Å². The van der Waals surface area contributed by atoms with Crippen molar-refractivity contribution in [2.24, 2.45) is 0 Å². The average molecular weight is 497 g/mol. The Bertz CT molecular complexity index is 1180. The van der Waals surface area contributed by atoms with E-state index in [0.717, 1.165) is 64.1 Å². The Balaban J connectivity index is 1.32. The molecular weight excluding hydrogens is 460 g/mol. The molecule has 192 valence electrons. The SMILES string of the molecule is O=C(Nc1ccc(N2CCN(Cc3ccccc3)CC2)c(C(=O)NC2CCCCC2)c1)c1ccccc1. The largest absolute Gasteiger partial charge is 0.368 e. The molecule has 0 atom stereocenters. The standard InChI is InChI=1S/C31H36N4O2/c36-30(25-12-6-2-7-13-25)33-27-16-17-29(28(22-27)31(37)32-26-14-8-3-9-15-26)35-20-18-34(19-21-35)23-24-10-4-1-5-11-24/h1-2,4-7,10-13,16-17,22,26H,3,8-9,14-15,18-21,23H2,(H,32,37)(H,33,36). The summed E-state index contributed by atoms with van der Waals surface area (Å²) in [6.45, 7) is 4.52. The Morgan fingerprint density at radius 2 is 1.43 bits per heavy atom. The number of carbonyl (C=O) groups excluding carboxylic acids is 2. The van der Waals surface area contributed by atoms with Crippen LogP contribution in [0.1, 0.15) is 58.4 Å². The fraction of sp³-hybridized carbons (Fsp3) is 0.355. The summed E-state index contributed by atoms with van der Waals surface area (Å²) in [4.78, 5) is 31.1. The molecule has 3 aromatic rings. The van der Waals surface area contributed by atoms with E-state index in [1.807, 2.05) is 42.5 Å². The van der Waals surface area contributed by atoms with E-state index in [4.69, 9.17) is 0 Å². The molecule has 1 saturated heterocycles. The summed E-state index contributed by atoms with van der Waals surface area (Å²) in [6.07, 6.45) is 5.63. The van der Waals surface area contributed by atoms with Crippen molar-refractivity contribution < 1.29 is 9.59 Å². The number of hydrogen-bond donors (Lipinski definition) is 2. The molecule has 1 saturated carbocycles. The van der Waals surface area contributed by atoms with Gasteiger partial charge in [0.2, 0.25) is 0 Å². The first kappa shape index (κ1) is 25.0. The molecule has 0 bridgehead atoms. The molecule has 3 aromatic carbocycles. The highest BCUT2D eigenvalue weighted by Crippen LogP contribution is 2.27. The molecule has 2 N–H and O–H groups in total. The molecule has 2 amide bonds. The molecule has 2 aliphatic rings. The summed E-state index contributed by atoms with van der Waals surface area (Å²) in [6, 6.07) is 25.7. The predicted octanol–water partition coefficient (Wildman–Crippen LogP) is 5.32. The van der Waals surface area contributed by atoms with Crippen LogP contribution in [0.25, 0.3) is 0 Å². The van der Waals surface area contributed by atoms with Crippen molar-refractivity contribution in [2.45, 2.75) is 44.7 Å². The lowest BCUT2D eigenvalue weighted by Gasteiger charge is -2.37. The highest BCUT2D eigenvalue weighted by molar-refractivity contribution is 6.06. The van der Waals surface area contributed by atoms with Gasteiger partial charge in [-0.25, -0.2) is 0 Å². The van der Waals surface area contributed by atoms with Crippen molar-refractivity contribution in [3.05, 3.63) is 95.6 Å². The molecule has 5 rings (SSSR count). The third-order valence-corrected chi connectivity index (χ3v) is 7.44. The van der Waals surface area contributed by atoms with Gasteiger partial charge in [0.15, 0.2) is 0 Å². The maximum atomic E-state index is 13.5. The maximum Gasteiger partial charge on any atom is 0.255 e. The summed E-state index contributed by atoms with van der Waals surface area (Å²) < 4.78 is 0. The van der Waals surface area contributed by atoms with Gasteiger partial charge in [-0.15, -0.1) is 0 Å². The molecule has 0 spiro atoms. The number of anilines is 2. The smallest absolute Gasteiger partial charge is 0.255 e. The molecule has 1 heterocycles. The molecule has 0 aromatic heterocycles. The number of nitrogens with one attached hydrogen (secondary N) is 2. The van der Waals surface area contributed by atoms with Gasteiger partial charge in [-0.05, 0) is 48.7 Å². The van der Waals surface area contributed by atoms with Crippen LogP contribution in [-0.4, -0.2) is 48.9 Å². The Hall–Kier alpha value is -3.64. The minimum absolute atomic E-state index is 0.0515. The average Bonchev–Trinajstić information content (AvgIpc) is 2.95. The quantitative estimate of drug-likeness (QED) is 0.465. The van der Waals surface area contributed by atoms with Crippen molar-refractivity contribution >= 4 is 23.2 Å². The Morgan fingerprint density at radius 3 is 2.14 bits per heavy atom. The van der Waals surface area contributed by atoms with Gasteiger partial charge in [0.05, 0.1) is 5.56 Å². The summed E-state index contributed by atoms with van der Waals surface area (Å²) in [7, 11) is 0. The third kappa shape index (κ3) is 6.57. The fourth-order valence-corrected chi connectivity index (χ4v) is 5.36. The first-order valence-electron chi connectivity index (χ1n) is 13.5. The maximum absolute atomic E-state index is 13.5. The number of hydrogen-bond acceptors (Lipinski definition) is 4. The fourth-order valence-electron chi connectivity index (χ4n) is 5.36. The topological polar surface area (TPSA) is 64.7 Å². The minimum Gasteiger partial charge on any atom is -0.368 e. The molecule has 0 unspecified atom stereocenters. The van der Waals surface area contributed by atoms with Crippen molar-refractivity contribution in [3.63, 3.8) is 0 Å². The lowest BCUT2D eigenvalue weighted by molar-refractivity contribution is 0.0927. The summed E-state index contributed by atoms with van der Waals surface area (Å²) in [5, 5.41) is 6.26. The van der Waals surface area contributed by atoms with Crippen LogP contribution in [0.15, 0.2) is 78.9 Å². The zero-order valence-corrected chi connectivity index (χ0v) is 21.4. The van der Waals surface area contributed by atoms with Gasteiger partial charge in [-0.3, -0.25) is 14.5 Å². The van der Waals surface area contributed by atoms with E-state index in [2.05, 4.69) is 44.7 Å². The zero-order chi connectivity index (χ0) is 25.5. The first-order valence-corrected chi connectivity index (χ1v) is 13.5. The van der Waals surface area contributed by atoms with Gasteiger partial charge in [0.1, 0.15) is 0 Å². The lowest BCUT2D eigenvalue weighted by atomic mass is 9.95. The molecule has 6 nitrogen and oxygen atoms in total. The molecular formula is C31H36N4O2. The molecule has 1 aliphatic heterocycles. The van der Waals surface area contributed by atoms with Crippen LogP contribution in [-0.2, 0) is 6.54 Å². The van der Waals surface area contributed by atoms with Crippen LogP contribution in [0.5, 0.6) is 0 Å². The molecule has 0 radical (unpaired) electrons. The minimum atomic E-state index is -0.179. The van der Waals surface area contributed by atoms with Crippen LogP contribution >= 0.6 is 0 Å². The second-order valence-corrected chi connectivity index (χ2v) is 10.1. The number of benzene rings is 3. The Labute approximate surface area is 219 Å². The Kier molecular flexibility index (Phi) is 8.16. The highest BCUT2D eigenvalue weighted by Gasteiger charge is 2.24. The number of carbonyl (C=O) groups is 2. The second kappa shape index (κ2) is 12.1. The first-order chi connectivity index (χ1) is 18.2. The third-order valence-electron chi connectivity index (χ3n) is 7.44. The van der Waals surface area contributed by atoms with Crippen molar-refractivity contribution in [2.75, 3.05) is 36.4 Å². The lowest BCUT2D eigenvalue weighted by Crippen LogP contribution is -2.46. The van der Waals surface area contributed by atoms with Crippen LogP contribution in [0.3, 0.4) is 0 Å². The predicted molar refractivity (Wildman–Crippen MR) is 149 cm³/mol. The normalized spacial score (nSPS) is 16.8. The van der Waals surface area contributed by atoms with Gasteiger partial charge in [-0.2, -0.15) is 0 Å². The number of rotatable bonds is 7. The van der Waals surface area contributed by atoms with E-state index in [1.165, 1.54) is 12.0 Å². The monoisotopic (exact) mass is 496 g/mol. The van der Waals surface area contributed by atoms with E-state index in [1.54, 1.807) is 12.1 Å². The van der Waals surface area contributed by atoms with E-state index < -0.39 is 0 Å². The zero-order valence-electron chi connectivity index (χ0n) is 21.4. The molecule has 37 heavy (non-hydrogen) atoms. The van der Waals surface area contributed by atoms with Crippen molar-refractivity contribution in [3.8, 4) is 0 Å². The summed E-state index contributed by atoms with van der Waals surface area (Å²) in [5.41, 5.74) is 4.11. The molecule has 6 heteroatoms. The van der Waals surface area contributed by atoms with E-state index >= 15 is 0 Å². The number of piperazine rings is 1. The number of amides is 2. The van der Waals surface area contributed by atoms with Gasteiger partial charge < -0.3 is 15.5 Å². The Morgan fingerprint density at radius 1 is 0.757 bits per heavy atom. The van der Waals surface area contributed by atoms with Crippen LogP contribution < -0.4 is 15.5 Å². The van der Waals surface area contributed by atoms with E-state index in [9.17, 15) is 9.59 Å². The molecule has 2 fully saturated rings. The summed E-state index contributed by atoms with van der Waals surface area (Å²) in [5.74, 6) is -0.231. The van der Waals surface area contributed by atoms with Gasteiger partial charge in [0.25, 0.3) is 11.8 Å². The van der Waals surface area contributed by atoms with Crippen molar-refractivity contribution in [1.29, 1.82) is 0 Å². The van der Waals surface area contributed by atoms with Crippen LogP contribution in [0.2, 0.25) is 0 Å². The second-order valence-electron chi connectivity index (χ2n) is 10.1.